The standard InChI is InChI=1S/C27H24Cl2N2O4/c1-17-23(26(32)34-12-6-10-19-8-4-3-5-9-19)25(20-14-21(28)16-22(29)15-20)24(18(2)31-17)27(33)35-13-7-11-30/h3-6,8-10,14-16,25,31H,7,12-13H2,1-2H3/b10-6+. The van der Waals surface area contributed by atoms with Crippen LogP contribution < -0.4 is 5.32 Å². The number of dihydropyridines is 1. The van der Waals surface area contributed by atoms with Crippen LogP contribution in [0.3, 0.4) is 0 Å². The second kappa shape index (κ2) is 12.3. The Bertz CT molecular complexity index is 1220. The molecule has 1 heterocycles. The molecule has 8 heteroatoms. The van der Waals surface area contributed by atoms with E-state index >= 15 is 0 Å². The fraction of sp³-hybridized carbons (Fsp3) is 0.222. The van der Waals surface area contributed by atoms with Crippen LogP contribution in [-0.2, 0) is 19.1 Å². The highest BCUT2D eigenvalue weighted by Crippen LogP contribution is 2.40. The maximum Gasteiger partial charge on any atom is 0.337 e. The summed E-state index contributed by atoms with van der Waals surface area (Å²) in [6.45, 7) is 3.42. The van der Waals surface area contributed by atoms with Crippen LogP contribution in [0, 0.1) is 11.3 Å². The smallest absolute Gasteiger partial charge is 0.337 e. The van der Waals surface area contributed by atoms with Crippen LogP contribution >= 0.6 is 23.2 Å². The minimum atomic E-state index is -0.826. The van der Waals surface area contributed by atoms with Crippen molar-refractivity contribution in [3.8, 4) is 6.07 Å². The number of carbonyl (C=O) groups is 2. The molecule has 0 saturated carbocycles. The number of hydrogen-bond acceptors (Lipinski definition) is 6. The molecule has 1 atom stereocenters. The van der Waals surface area contributed by atoms with Gasteiger partial charge in [0.25, 0.3) is 0 Å². The largest absolute Gasteiger partial charge is 0.461 e. The van der Waals surface area contributed by atoms with E-state index in [1.54, 1.807) is 38.1 Å². The van der Waals surface area contributed by atoms with Gasteiger partial charge in [0.15, 0.2) is 0 Å². The zero-order valence-electron chi connectivity index (χ0n) is 19.3. The van der Waals surface area contributed by atoms with Gasteiger partial charge in [-0.15, -0.1) is 0 Å². The summed E-state index contributed by atoms with van der Waals surface area (Å²) in [4.78, 5) is 26.3. The summed E-state index contributed by atoms with van der Waals surface area (Å²) in [7, 11) is 0. The number of halogens is 2. The Labute approximate surface area is 214 Å². The molecule has 1 aliphatic heterocycles. The lowest BCUT2D eigenvalue weighted by Gasteiger charge is -2.30. The molecule has 2 aromatic carbocycles. The predicted octanol–water partition coefficient (Wildman–Crippen LogP) is 5.94. The Hall–Kier alpha value is -3.53. The summed E-state index contributed by atoms with van der Waals surface area (Å²) >= 11 is 12.5. The van der Waals surface area contributed by atoms with Gasteiger partial charge in [-0.1, -0.05) is 59.6 Å². The van der Waals surface area contributed by atoms with E-state index < -0.39 is 17.9 Å². The minimum absolute atomic E-state index is 0.0399. The van der Waals surface area contributed by atoms with E-state index in [9.17, 15) is 9.59 Å². The molecule has 180 valence electrons. The summed E-state index contributed by atoms with van der Waals surface area (Å²) in [5.41, 5.74) is 3.04. The number of nitrogens with one attached hydrogen (secondary N) is 1. The highest BCUT2D eigenvalue weighted by molar-refractivity contribution is 6.34. The second-order valence-electron chi connectivity index (χ2n) is 7.79. The third kappa shape index (κ3) is 6.75. The van der Waals surface area contributed by atoms with Gasteiger partial charge in [-0.25, -0.2) is 9.59 Å². The fourth-order valence-electron chi connectivity index (χ4n) is 3.83. The van der Waals surface area contributed by atoms with Crippen molar-refractivity contribution < 1.29 is 19.1 Å². The lowest BCUT2D eigenvalue weighted by atomic mass is 9.80. The molecule has 35 heavy (non-hydrogen) atoms. The van der Waals surface area contributed by atoms with Crippen LogP contribution in [0.25, 0.3) is 6.08 Å². The van der Waals surface area contributed by atoms with Crippen molar-refractivity contribution in [2.45, 2.75) is 26.2 Å². The van der Waals surface area contributed by atoms with Gasteiger partial charge in [-0.05, 0) is 49.2 Å². The fourth-order valence-corrected chi connectivity index (χ4v) is 4.37. The normalized spacial score (nSPS) is 15.6. The number of carbonyl (C=O) groups excluding carboxylic acids is 2. The molecular weight excluding hydrogens is 487 g/mol. The van der Waals surface area contributed by atoms with Crippen LogP contribution in [0.2, 0.25) is 10.0 Å². The van der Waals surface area contributed by atoms with E-state index in [-0.39, 0.29) is 30.8 Å². The van der Waals surface area contributed by atoms with Gasteiger partial charge in [-0.2, -0.15) is 5.26 Å². The molecule has 0 bridgehead atoms. The van der Waals surface area contributed by atoms with Crippen LogP contribution in [0.1, 0.15) is 37.3 Å². The third-order valence-corrected chi connectivity index (χ3v) is 5.72. The molecule has 0 aromatic heterocycles. The average molecular weight is 511 g/mol. The maximum absolute atomic E-state index is 13.3. The van der Waals surface area contributed by atoms with E-state index in [0.717, 1.165) is 5.56 Å². The molecule has 0 fully saturated rings. The van der Waals surface area contributed by atoms with E-state index in [1.165, 1.54) is 0 Å². The Balaban J connectivity index is 1.93. The van der Waals surface area contributed by atoms with Crippen molar-refractivity contribution in [3.05, 3.63) is 98.3 Å². The monoisotopic (exact) mass is 510 g/mol. The summed E-state index contributed by atoms with van der Waals surface area (Å²) < 4.78 is 10.8. The first-order chi connectivity index (χ1) is 16.8. The van der Waals surface area contributed by atoms with Crippen molar-refractivity contribution in [2.75, 3.05) is 13.2 Å². The SMILES string of the molecule is CC1=C(C(=O)OC/C=C/c2ccccc2)C(c2cc(Cl)cc(Cl)c2)C(C(=O)OCCC#N)=C(C)N1. The number of ether oxygens (including phenoxy) is 2. The Morgan fingerprint density at radius 2 is 1.60 bits per heavy atom. The Kier molecular flexibility index (Phi) is 9.13. The molecule has 0 radical (unpaired) electrons. The van der Waals surface area contributed by atoms with Crippen LogP contribution in [0.4, 0.5) is 0 Å². The predicted molar refractivity (Wildman–Crippen MR) is 135 cm³/mol. The topological polar surface area (TPSA) is 88.4 Å². The van der Waals surface area contributed by atoms with Gasteiger partial charge in [0, 0.05) is 21.4 Å². The molecule has 2 aromatic rings. The molecular formula is C27H24Cl2N2O4. The molecule has 1 N–H and O–H groups in total. The number of esters is 2. The lowest BCUT2D eigenvalue weighted by molar-refractivity contribution is -0.139. The Morgan fingerprint density at radius 3 is 2.20 bits per heavy atom. The summed E-state index contributed by atoms with van der Waals surface area (Å²) in [6, 6.07) is 16.4. The van der Waals surface area contributed by atoms with Crippen molar-refractivity contribution in [1.29, 1.82) is 5.26 Å². The molecule has 0 amide bonds. The zero-order chi connectivity index (χ0) is 25.4. The van der Waals surface area contributed by atoms with Crippen LogP contribution in [0.15, 0.2) is 77.1 Å². The van der Waals surface area contributed by atoms with Gasteiger partial charge >= 0.3 is 11.9 Å². The number of nitriles is 1. The quantitative estimate of drug-likeness (QED) is 0.349. The van der Waals surface area contributed by atoms with Gasteiger partial charge in [-0.3, -0.25) is 0 Å². The van der Waals surface area contributed by atoms with Crippen molar-refractivity contribution >= 4 is 41.2 Å². The summed E-state index contributed by atoms with van der Waals surface area (Å²) in [5, 5.41) is 12.6. The molecule has 0 aliphatic carbocycles. The van der Waals surface area contributed by atoms with E-state index in [4.69, 9.17) is 37.9 Å². The molecule has 0 spiro atoms. The van der Waals surface area contributed by atoms with E-state index in [2.05, 4.69) is 5.32 Å². The van der Waals surface area contributed by atoms with E-state index in [0.29, 0.717) is 27.0 Å². The van der Waals surface area contributed by atoms with E-state index in [1.807, 2.05) is 42.5 Å². The van der Waals surface area contributed by atoms with Gasteiger partial charge in [0.05, 0.1) is 29.6 Å². The first kappa shape index (κ1) is 26.1. The Morgan fingerprint density at radius 1 is 1.00 bits per heavy atom. The average Bonchev–Trinajstić information content (AvgIpc) is 2.81. The van der Waals surface area contributed by atoms with Crippen LogP contribution in [0.5, 0.6) is 0 Å². The number of benzene rings is 2. The second-order valence-corrected chi connectivity index (χ2v) is 8.67. The molecule has 6 nitrogen and oxygen atoms in total. The minimum Gasteiger partial charge on any atom is -0.461 e. The number of rotatable bonds is 8. The maximum atomic E-state index is 13.3. The van der Waals surface area contributed by atoms with Gasteiger partial charge in [0.2, 0.25) is 0 Å². The number of hydrogen-bond donors (Lipinski definition) is 1. The lowest BCUT2D eigenvalue weighted by Crippen LogP contribution is -2.32. The highest BCUT2D eigenvalue weighted by atomic mass is 35.5. The summed E-state index contributed by atoms with van der Waals surface area (Å²) in [6.07, 6.45) is 3.64. The zero-order valence-corrected chi connectivity index (χ0v) is 20.8. The van der Waals surface area contributed by atoms with Crippen molar-refractivity contribution in [1.82, 2.24) is 5.32 Å². The highest BCUT2D eigenvalue weighted by Gasteiger charge is 2.38. The van der Waals surface area contributed by atoms with Gasteiger partial charge < -0.3 is 14.8 Å². The first-order valence-corrected chi connectivity index (χ1v) is 11.6. The number of nitrogens with zero attached hydrogens (tertiary/aromatic N) is 1. The third-order valence-electron chi connectivity index (χ3n) is 5.29. The molecule has 1 aliphatic rings. The molecule has 1 unspecified atom stereocenters. The van der Waals surface area contributed by atoms with Crippen molar-refractivity contribution in [3.63, 3.8) is 0 Å². The molecule has 3 rings (SSSR count). The van der Waals surface area contributed by atoms with Crippen molar-refractivity contribution in [2.24, 2.45) is 0 Å². The first-order valence-electron chi connectivity index (χ1n) is 10.9. The molecule has 0 saturated heterocycles. The van der Waals surface area contributed by atoms with Gasteiger partial charge in [0.1, 0.15) is 13.2 Å². The summed E-state index contributed by atoms with van der Waals surface area (Å²) in [5.74, 6) is -2.07. The number of allylic oxidation sites excluding steroid dienone is 2. The van der Waals surface area contributed by atoms with Crippen LogP contribution in [-0.4, -0.2) is 25.2 Å².